The molecule has 9 aromatic rings. The summed E-state index contributed by atoms with van der Waals surface area (Å²) < 4.78 is 6.59. The third-order valence-corrected chi connectivity index (χ3v) is 9.08. The molecule has 0 saturated carbocycles. The van der Waals surface area contributed by atoms with Crippen LogP contribution in [0.1, 0.15) is 0 Å². The zero-order valence-corrected chi connectivity index (χ0v) is 26.1. The van der Waals surface area contributed by atoms with E-state index in [9.17, 15) is 0 Å². The van der Waals surface area contributed by atoms with Crippen LogP contribution in [0.15, 0.2) is 186 Å². The van der Waals surface area contributed by atoms with Gasteiger partial charge < -0.3 is 9.32 Å². The van der Waals surface area contributed by atoms with Crippen LogP contribution >= 0.6 is 0 Å². The molecule has 0 fully saturated rings. The minimum Gasteiger partial charge on any atom is -0.435 e. The zero-order valence-electron chi connectivity index (χ0n) is 26.1. The SMILES string of the molecule is c1ccc(-c2nc3c(-c4ccccc4)ccc(-c4ccc(N(c5ccc6ccccc6c5)c5cccc6ccccc56)cc4)c3o2)cc1. The Balaban J connectivity index is 1.19. The van der Waals surface area contributed by atoms with E-state index >= 15 is 0 Å². The molecule has 0 N–H and O–H groups in total. The first-order chi connectivity index (χ1) is 23.8. The van der Waals surface area contributed by atoms with E-state index in [4.69, 9.17) is 9.40 Å². The third kappa shape index (κ3) is 4.90. The maximum atomic E-state index is 6.59. The summed E-state index contributed by atoms with van der Waals surface area (Å²) in [6.45, 7) is 0. The Morgan fingerprint density at radius 2 is 1.02 bits per heavy atom. The molecule has 0 aliphatic carbocycles. The summed E-state index contributed by atoms with van der Waals surface area (Å²) in [6, 6.07) is 63.9. The number of aromatic nitrogens is 1. The first kappa shape index (κ1) is 27.8. The second-order valence-corrected chi connectivity index (χ2v) is 12.0. The van der Waals surface area contributed by atoms with Crippen LogP contribution in [0.4, 0.5) is 17.1 Å². The minimum absolute atomic E-state index is 0.616. The van der Waals surface area contributed by atoms with Crippen LogP contribution in [0.2, 0.25) is 0 Å². The van der Waals surface area contributed by atoms with E-state index in [1.165, 1.54) is 21.5 Å². The molecule has 0 aliphatic rings. The molecule has 3 heteroatoms. The summed E-state index contributed by atoms with van der Waals surface area (Å²) in [5, 5.41) is 4.83. The smallest absolute Gasteiger partial charge is 0.227 e. The second-order valence-electron chi connectivity index (χ2n) is 12.0. The monoisotopic (exact) mass is 614 g/mol. The van der Waals surface area contributed by atoms with Crippen molar-refractivity contribution < 1.29 is 4.42 Å². The quantitative estimate of drug-likeness (QED) is 0.187. The molecular formula is C45H30N2O. The highest BCUT2D eigenvalue weighted by Gasteiger charge is 2.19. The molecule has 226 valence electrons. The lowest BCUT2D eigenvalue weighted by Gasteiger charge is -2.27. The topological polar surface area (TPSA) is 29.3 Å². The van der Waals surface area contributed by atoms with Crippen molar-refractivity contribution in [1.29, 1.82) is 0 Å². The Labute approximate surface area is 279 Å². The average Bonchev–Trinajstić information content (AvgIpc) is 3.62. The first-order valence-electron chi connectivity index (χ1n) is 16.2. The van der Waals surface area contributed by atoms with Gasteiger partial charge in [-0.3, -0.25) is 0 Å². The summed E-state index contributed by atoms with van der Waals surface area (Å²) in [5.41, 5.74) is 10.1. The fourth-order valence-corrected chi connectivity index (χ4v) is 6.73. The number of anilines is 3. The summed E-state index contributed by atoms with van der Waals surface area (Å²) in [4.78, 5) is 7.41. The molecule has 8 aromatic carbocycles. The van der Waals surface area contributed by atoms with Gasteiger partial charge in [0.15, 0.2) is 5.58 Å². The van der Waals surface area contributed by atoms with Gasteiger partial charge >= 0.3 is 0 Å². The average molecular weight is 615 g/mol. The molecule has 1 heterocycles. The Hall–Kier alpha value is -6.45. The van der Waals surface area contributed by atoms with E-state index in [1.54, 1.807) is 0 Å². The van der Waals surface area contributed by atoms with Crippen LogP contribution in [0.3, 0.4) is 0 Å². The van der Waals surface area contributed by atoms with Crippen molar-refractivity contribution in [3.63, 3.8) is 0 Å². The lowest BCUT2D eigenvalue weighted by Crippen LogP contribution is -2.10. The number of fused-ring (bicyclic) bond motifs is 3. The van der Waals surface area contributed by atoms with E-state index in [-0.39, 0.29) is 0 Å². The molecule has 0 unspecified atom stereocenters. The van der Waals surface area contributed by atoms with Crippen molar-refractivity contribution in [2.45, 2.75) is 0 Å². The highest BCUT2D eigenvalue weighted by Crippen LogP contribution is 2.42. The van der Waals surface area contributed by atoms with Gasteiger partial charge in [0.1, 0.15) is 5.52 Å². The van der Waals surface area contributed by atoms with Crippen molar-refractivity contribution in [3.8, 4) is 33.7 Å². The number of benzene rings is 8. The zero-order chi connectivity index (χ0) is 31.9. The first-order valence-corrected chi connectivity index (χ1v) is 16.2. The predicted octanol–water partition coefficient (Wildman–Crippen LogP) is 12.6. The van der Waals surface area contributed by atoms with Gasteiger partial charge in [-0.25, -0.2) is 4.98 Å². The number of hydrogen-bond donors (Lipinski definition) is 0. The maximum absolute atomic E-state index is 6.59. The van der Waals surface area contributed by atoms with Gasteiger partial charge in [-0.2, -0.15) is 0 Å². The molecule has 0 bridgehead atoms. The van der Waals surface area contributed by atoms with Crippen molar-refractivity contribution in [2.75, 3.05) is 4.90 Å². The number of oxazole rings is 1. The molecule has 48 heavy (non-hydrogen) atoms. The van der Waals surface area contributed by atoms with Crippen molar-refractivity contribution in [3.05, 3.63) is 182 Å². The number of nitrogens with zero attached hydrogens (tertiary/aromatic N) is 2. The Morgan fingerprint density at radius 1 is 0.417 bits per heavy atom. The molecule has 0 radical (unpaired) electrons. The van der Waals surface area contributed by atoms with Gasteiger partial charge in [-0.05, 0) is 75.8 Å². The van der Waals surface area contributed by atoms with Crippen LogP contribution in [0.5, 0.6) is 0 Å². The molecule has 0 amide bonds. The molecule has 1 aromatic heterocycles. The molecule has 3 nitrogen and oxygen atoms in total. The summed E-state index contributed by atoms with van der Waals surface area (Å²) in [6.07, 6.45) is 0. The van der Waals surface area contributed by atoms with Crippen LogP contribution in [-0.4, -0.2) is 4.98 Å². The third-order valence-electron chi connectivity index (χ3n) is 9.08. The van der Waals surface area contributed by atoms with Gasteiger partial charge in [0.05, 0.1) is 5.69 Å². The van der Waals surface area contributed by atoms with Crippen LogP contribution < -0.4 is 4.90 Å². The van der Waals surface area contributed by atoms with E-state index in [1.807, 2.05) is 36.4 Å². The van der Waals surface area contributed by atoms with Crippen LogP contribution in [0.25, 0.3) is 66.4 Å². The van der Waals surface area contributed by atoms with Gasteiger partial charge in [0, 0.05) is 33.5 Å². The molecular weight excluding hydrogens is 585 g/mol. The number of rotatable bonds is 6. The Morgan fingerprint density at radius 3 is 1.81 bits per heavy atom. The molecule has 0 atom stereocenters. The van der Waals surface area contributed by atoms with E-state index in [2.05, 4.69) is 150 Å². The van der Waals surface area contributed by atoms with E-state index in [0.29, 0.717) is 5.89 Å². The fourth-order valence-electron chi connectivity index (χ4n) is 6.73. The normalized spacial score (nSPS) is 11.3. The van der Waals surface area contributed by atoms with Crippen molar-refractivity contribution in [1.82, 2.24) is 4.98 Å². The van der Waals surface area contributed by atoms with Crippen LogP contribution in [0, 0.1) is 0 Å². The largest absolute Gasteiger partial charge is 0.435 e. The van der Waals surface area contributed by atoms with Gasteiger partial charge in [0.2, 0.25) is 5.89 Å². The van der Waals surface area contributed by atoms with Crippen molar-refractivity contribution in [2.24, 2.45) is 0 Å². The van der Waals surface area contributed by atoms with Gasteiger partial charge in [-0.15, -0.1) is 0 Å². The van der Waals surface area contributed by atoms with Crippen LogP contribution in [-0.2, 0) is 0 Å². The highest BCUT2D eigenvalue weighted by atomic mass is 16.3. The lowest BCUT2D eigenvalue weighted by atomic mass is 9.98. The molecule has 0 spiro atoms. The number of hydrogen-bond acceptors (Lipinski definition) is 3. The summed E-state index contributed by atoms with van der Waals surface area (Å²) in [7, 11) is 0. The highest BCUT2D eigenvalue weighted by molar-refractivity contribution is 6.02. The Bertz CT molecular complexity index is 2550. The minimum atomic E-state index is 0.616. The molecule has 0 saturated heterocycles. The summed E-state index contributed by atoms with van der Waals surface area (Å²) in [5.74, 6) is 0.616. The maximum Gasteiger partial charge on any atom is 0.227 e. The molecule has 0 aliphatic heterocycles. The fraction of sp³-hybridized carbons (Fsp3) is 0. The van der Waals surface area contributed by atoms with Gasteiger partial charge in [-0.1, -0.05) is 133 Å². The van der Waals surface area contributed by atoms with E-state index < -0.39 is 0 Å². The van der Waals surface area contributed by atoms with E-state index in [0.717, 1.165) is 56.0 Å². The standard InChI is InChI=1S/C45H30N2O/c1-3-13-33(14-4-1)40-28-29-41(44-43(40)46-45(48-44)35-16-5-2-6-17-35)34-23-25-37(26-24-34)47(38-27-22-31-12-7-8-18-36(31)30-38)42-21-11-19-32-15-9-10-20-39(32)42/h1-30H. The van der Waals surface area contributed by atoms with Crippen molar-refractivity contribution >= 4 is 49.7 Å². The van der Waals surface area contributed by atoms with Gasteiger partial charge in [0.25, 0.3) is 0 Å². The Kier molecular flexibility index (Phi) is 6.80. The second kappa shape index (κ2) is 11.7. The summed E-state index contributed by atoms with van der Waals surface area (Å²) >= 11 is 0. The molecule has 9 rings (SSSR count). The predicted molar refractivity (Wildman–Crippen MR) is 200 cm³/mol. The lowest BCUT2D eigenvalue weighted by molar-refractivity contribution is 0.621.